The zero-order valence-electron chi connectivity index (χ0n) is 18.1. The van der Waals surface area contributed by atoms with Crippen molar-refractivity contribution in [1.82, 2.24) is 0 Å². The molecule has 0 aliphatic carbocycles. The third-order valence-corrected chi connectivity index (χ3v) is 5.87. The first-order chi connectivity index (χ1) is 14.5. The van der Waals surface area contributed by atoms with E-state index in [1.54, 1.807) is 18.2 Å². The largest absolute Gasteiger partial charge is 0.494 e. The number of carbonyl (C=O) groups excluding carboxylic acids is 2. The van der Waals surface area contributed by atoms with E-state index in [2.05, 4.69) is 6.92 Å². The van der Waals surface area contributed by atoms with Gasteiger partial charge in [0.05, 0.1) is 25.1 Å². The second kappa shape index (κ2) is 12.2. The molecule has 0 aliphatic rings. The third kappa shape index (κ3) is 6.76. The molecule has 0 saturated carbocycles. The summed E-state index contributed by atoms with van der Waals surface area (Å²) in [4.78, 5) is 26.5. The van der Waals surface area contributed by atoms with Crippen molar-refractivity contribution in [1.29, 1.82) is 0 Å². The van der Waals surface area contributed by atoms with E-state index in [0.29, 0.717) is 22.9 Å². The van der Waals surface area contributed by atoms with Gasteiger partial charge in [-0.2, -0.15) is 0 Å². The van der Waals surface area contributed by atoms with Crippen molar-refractivity contribution in [2.24, 2.45) is 5.73 Å². The fourth-order valence-corrected chi connectivity index (χ4v) is 4.14. The Morgan fingerprint density at radius 3 is 2.27 bits per heavy atom. The van der Waals surface area contributed by atoms with Gasteiger partial charge >= 0.3 is 12.0 Å². The summed E-state index contributed by atoms with van der Waals surface area (Å²) in [6.07, 6.45) is 8.67. The molecular weight excluding hydrogens is 400 g/mol. The highest BCUT2D eigenvalue weighted by Crippen LogP contribution is 2.35. The molecule has 0 saturated heterocycles. The minimum absolute atomic E-state index is 0.422. The predicted molar refractivity (Wildman–Crippen MR) is 122 cm³/mol. The fraction of sp³-hybridized carbons (Fsp3) is 0.478. The van der Waals surface area contributed by atoms with E-state index in [9.17, 15) is 9.59 Å². The Balaban J connectivity index is 1.95. The van der Waals surface area contributed by atoms with Gasteiger partial charge in [-0.1, -0.05) is 45.4 Å². The number of methoxy groups -OCH3 is 1. The highest BCUT2D eigenvalue weighted by molar-refractivity contribution is 7.14. The summed E-state index contributed by atoms with van der Waals surface area (Å²) in [5.41, 5.74) is 6.81. The lowest BCUT2D eigenvalue weighted by Gasteiger charge is -2.20. The lowest BCUT2D eigenvalue weighted by Crippen LogP contribution is -2.31. The average Bonchev–Trinajstić information content (AvgIpc) is 3.11. The van der Waals surface area contributed by atoms with Gasteiger partial charge in [0.1, 0.15) is 10.6 Å². The van der Waals surface area contributed by atoms with Crippen LogP contribution in [0.1, 0.15) is 66.4 Å². The number of thiophene rings is 1. The van der Waals surface area contributed by atoms with E-state index in [1.165, 1.54) is 61.9 Å². The number of ether oxygens (including phenoxy) is 2. The van der Waals surface area contributed by atoms with Gasteiger partial charge in [-0.3, -0.25) is 4.90 Å². The van der Waals surface area contributed by atoms with Crippen LogP contribution in [-0.2, 0) is 4.74 Å². The summed E-state index contributed by atoms with van der Waals surface area (Å²) in [6, 6.07) is 8.25. The van der Waals surface area contributed by atoms with Crippen LogP contribution in [0.4, 0.5) is 16.2 Å². The van der Waals surface area contributed by atoms with Gasteiger partial charge in [-0.25, -0.2) is 9.59 Å². The van der Waals surface area contributed by atoms with E-state index >= 15 is 0 Å². The second-order valence-electron chi connectivity index (χ2n) is 7.18. The van der Waals surface area contributed by atoms with Crippen LogP contribution in [0, 0.1) is 6.92 Å². The molecule has 0 fully saturated rings. The molecule has 2 rings (SSSR count). The number of aryl methyl sites for hydroxylation is 1. The van der Waals surface area contributed by atoms with E-state index in [1.807, 2.05) is 19.1 Å². The van der Waals surface area contributed by atoms with Crippen molar-refractivity contribution in [2.75, 3.05) is 18.6 Å². The number of carbonyl (C=O) groups is 2. The van der Waals surface area contributed by atoms with Crippen LogP contribution in [-0.4, -0.2) is 25.7 Å². The van der Waals surface area contributed by atoms with E-state index in [-0.39, 0.29) is 0 Å². The quantitative estimate of drug-likeness (QED) is 0.320. The molecule has 0 spiro atoms. The number of rotatable bonds is 12. The molecular formula is C23H32N2O4S. The van der Waals surface area contributed by atoms with Gasteiger partial charge in [0.25, 0.3) is 0 Å². The number of anilines is 2. The van der Waals surface area contributed by atoms with Crippen LogP contribution in [0.25, 0.3) is 0 Å². The number of nitrogens with zero attached hydrogens (tertiary/aromatic N) is 1. The SMILES string of the molecule is CCCCCCCCCOc1ccc(N(C(N)=O)c2cc(C(=O)OC)sc2C)cc1. The number of nitrogens with two attached hydrogens (primary N) is 1. The second-order valence-corrected chi connectivity index (χ2v) is 8.44. The number of amides is 2. The van der Waals surface area contributed by atoms with Crippen LogP contribution in [0.3, 0.4) is 0 Å². The molecule has 2 aromatic rings. The maximum absolute atomic E-state index is 12.1. The fourth-order valence-electron chi connectivity index (χ4n) is 3.22. The molecule has 7 heteroatoms. The van der Waals surface area contributed by atoms with Crippen LogP contribution in [0.15, 0.2) is 30.3 Å². The van der Waals surface area contributed by atoms with Crippen molar-refractivity contribution in [2.45, 2.75) is 58.8 Å². The van der Waals surface area contributed by atoms with Crippen molar-refractivity contribution in [3.63, 3.8) is 0 Å². The molecule has 1 aromatic heterocycles. The normalized spacial score (nSPS) is 10.6. The molecule has 0 radical (unpaired) electrons. The Morgan fingerprint density at radius 1 is 1.03 bits per heavy atom. The topological polar surface area (TPSA) is 81.9 Å². The summed E-state index contributed by atoms with van der Waals surface area (Å²) >= 11 is 1.26. The highest BCUT2D eigenvalue weighted by atomic mass is 32.1. The van der Waals surface area contributed by atoms with Gasteiger partial charge in [-0.15, -0.1) is 11.3 Å². The zero-order valence-corrected chi connectivity index (χ0v) is 18.9. The minimum atomic E-state index is -0.621. The minimum Gasteiger partial charge on any atom is -0.494 e. The first-order valence-corrected chi connectivity index (χ1v) is 11.3. The summed E-state index contributed by atoms with van der Waals surface area (Å²) in [7, 11) is 1.33. The molecule has 6 nitrogen and oxygen atoms in total. The predicted octanol–water partition coefficient (Wildman–Crippen LogP) is 6.19. The maximum Gasteiger partial charge on any atom is 0.348 e. The molecule has 164 valence electrons. The lowest BCUT2D eigenvalue weighted by atomic mass is 10.1. The lowest BCUT2D eigenvalue weighted by molar-refractivity contribution is 0.0606. The van der Waals surface area contributed by atoms with Gasteiger partial charge in [-0.05, 0) is 43.7 Å². The molecule has 0 atom stereocenters. The number of esters is 1. The molecule has 1 heterocycles. The number of hydrogen-bond donors (Lipinski definition) is 1. The standard InChI is InChI=1S/C23H32N2O4S/c1-4-5-6-7-8-9-10-15-29-19-13-11-18(12-14-19)25(23(24)27)20-16-21(22(26)28-3)30-17(20)2/h11-14,16H,4-10,15H2,1-3H3,(H2,24,27). The van der Waals surface area contributed by atoms with Crippen LogP contribution >= 0.6 is 11.3 Å². The number of urea groups is 1. The maximum atomic E-state index is 12.1. The van der Waals surface area contributed by atoms with Crippen LogP contribution in [0.2, 0.25) is 0 Å². The van der Waals surface area contributed by atoms with E-state index in [0.717, 1.165) is 17.0 Å². The number of benzene rings is 1. The van der Waals surface area contributed by atoms with Crippen LogP contribution in [0.5, 0.6) is 5.75 Å². The Kier molecular flexibility index (Phi) is 9.67. The van der Waals surface area contributed by atoms with Crippen molar-refractivity contribution in [3.8, 4) is 5.75 Å². The Hall–Kier alpha value is -2.54. The summed E-state index contributed by atoms with van der Waals surface area (Å²) in [5, 5.41) is 0. The van der Waals surface area contributed by atoms with Gasteiger partial charge < -0.3 is 15.2 Å². The highest BCUT2D eigenvalue weighted by Gasteiger charge is 2.22. The smallest absolute Gasteiger partial charge is 0.348 e. The molecule has 2 N–H and O–H groups in total. The molecule has 0 unspecified atom stereocenters. The molecule has 0 aliphatic heterocycles. The number of hydrogen-bond acceptors (Lipinski definition) is 5. The van der Waals surface area contributed by atoms with Gasteiger partial charge in [0, 0.05) is 4.88 Å². The number of unbranched alkanes of at least 4 members (excludes halogenated alkanes) is 6. The molecule has 0 bridgehead atoms. The summed E-state index contributed by atoms with van der Waals surface area (Å²) < 4.78 is 10.6. The molecule has 1 aromatic carbocycles. The Bertz CT molecular complexity index is 817. The number of primary amides is 1. The molecule has 30 heavy (non-hydrogen) atoms. The average molecular weight is 433 g/mol. The van der Waals surface area contributed by atoms with Crippen molar-refractivity contribution in [3.05, 3.63) is 40.1 Å². The molecule has 2 amide bonds. The van der Waals surface area contributed by atoms with E-state index in [4.69, 9.17) is 15.2 Å². The third-order valence-electron chi connectivity index (χ3n) is 4.85. The summed E-state index contributed by atoms with van der Waals surface area (Å²) in [5.74, 6) is 0.319. The Labute approximate surface area is 183 Å². The van der Waals surface area contributed by atoms with E-state index < -0.39 is 12.0 Å². The monoisotopic (exact) mass is 432 g/mol. The van der Waals surface area contributed by atoms with Gasteiger partial charge in [0.2, 0.25) is 0 Å². The first-order valence-electron chi connectivity index (χ1n) is 10.5. The Morgan fingerprint density at radius 2 is 1.67 bits per heavy atom. The van der Waals surface area contributed by atoms with Gasteiger partial charge in [0.15, 0.2) is 0 Å². The zero-order chi connectivity index (χ0) is 21.9. The van der Waals surface area contributed by atoms with Crippen LogP contribution < -0.4 is 15.4 Å². The van der Waals surface area contributed by atoms with Crippen molar-refractivity contribution < 1.29 is 19.1 Å². The summed E-state index contributed by atoms with van der Waals surface area (Å²) in [6.45, 7) is 4.74. The van der Waals surface area contributed by atoms with Crippen molar-refractivity contribution >= 4 is 34.7 Å². The first kappa shape index (κ1) is 23.7.